The Morgan fingerprint density at radius 1 is 1.32 bits per heavy atom. The largest absolute Gasteiger partial charge is 0.323 e. The summed E-state index contributed by atoms with van der Waals surface area (Å²) < 4.78 is 0. The molecule has 0 saturated heterocycles. The first-order valence-electron chi connectivity index (χ1n) is 5.90. The summed E-state index contributed by atoms with van der Waals surface area (Å²) >= 11 is 0. The summed E-state index contributed by atoms with van der Waals surface area (Å²) in [5.74, 6) is 0.614. The number of hydrogen-bond acceptors (Lipinski definition) is 5. The first-order valence-corrected chi connectivity index (χ1v) is 5.90. The highest BCUT2D eigenvalue weighted by molar-refractivity contribution is 5.75. The molecular weight excluding hydrogens is 246 g/mol. The lowest BCUT2D eigenvalue weighted by atomic mass is 10.1. The van der Waals surface area contributed by atoms with E-state index in [1.807, 2.05) is 25.1 Å². The summed E-state index contributed by atoms with van der Waals surface area (Å²) in [6.45, 7) is 2.56. The van der Waals surface area contributed by atoms with E-state index in [1.54, 1.807) is 0 Å². The summed E-state index contributed by atoms with van der Waals surface area (Å²) in [7, 11) is 0. The highest BCUT2D eigenvalue weighted by atomic mass is 16.1. The molecule has 8 nitrogen and oxygen atoms in total. The van der Waals surface area contributed by atoms with Crippen molar-refractivity contribution in [2.45, 2.75) is 19.5 Å². The van der Waals surface area contributed by atoms with Crippen molar-refractivity contribution < 1.29 is 0 Å². The fourth-order valence-corrected chi connectivity index (χ4v) is 1.94. The Balaban J connectivity index is 1.77. The molecule has 0 amide bonds. The van der Waals surface area contributed by atoms with Gasteiger partial charge in [0, 0.05) is 6.04 Å². The van der Waals surface area contributed by atoms with E-state index in [9.17, 15) is 4.79 Å². The summed E-state index contributed by atoms with van der Waals surface area (Å²) in [5, 5.41) is 16.9. The molecule has 2 heterocycles. The van der Waals surface area contributed by atoms with Gasteiger partial charge in [-0.3, -0.25) is 0 Å². The molecule has 8 heteroatoms. The van der Waals surface area contributed by atoms with Gasteiger partial charge < -0.3 is 15.3 Å². The van der Waals surface area contributed by atoms with Crippen molar-refractivity contribution >= 4 is 11.0 Å². The van der Waals surface area contributed by atoms with E-state index in [1.165, 1.54) is 0 Å². The van der Waals surface area contributed by atoms with Crippen molar-refractivity contribution in [1.82, 2.24) is 35.9 Å². The van der Waals surface area contributed by atoms with E-state index < -0.39 is 0 Å². The van der Waals surface area contributed by atoms with Gasteiger partial charge in [-0.05, 0) is 24.6 Å². The standard InChI is InChI=1S/C11H13N7O/c1-6(12-5-10-15-17-18-16-10)7-2-3-8-9(4-7)14-11(19)13-8/h2-4,6,12H,5H2,1H3,(H2,13,14,19)(H,15,16,17,18). The number of nitrogens with one attached hydrogen (secondary N) is 4. The van der Waals surface area contributed by atoms with E-state index in [-0.39, 0.29) is 11.7 Å². The Bertz CT molecular complexity index is 727. The van der Waals surface area contributed by atoms with Crippen molar-refractivity contribution in [1.29, 1.82) is 0 Å². The Kier molecular flexibility index (Phi) is 2.84. The van der Waals surface area contributed by atoms with Crippen LogP contribution in [0.5, 0.6) is 0 Å². The number of rotatable bonds is 4. The normalized spacial score (nSPS) is 12.9. The van der Waals surface area contributed by atoms with E-state index in [2.05, 4.69) is 35.9 Å². The number of fused-ring (bicyclic) bond motifs is 1. The van der Waals surface area contributed by atoms with E-state index in [0.717, 1.165) is 16.6 Å². The highest BCUT2D eigenvalue weighted by Crippen LogP contribution is 2.17. The second-order valence-electron chi connectivity index (χ2n) is 4.31. The van der Waals surface area contributed by atoms with Crippen molar-refractivity contribution in [3.63, 3.8) is 0 Å². The van der Waals surface area contributed by atoms with Crippen LogP contribution in [0.3, 0.4) is 0 Å². The van der Waals surface area contributed by atoms with E-state index >= 15 is 0 Å². The summed E-state index contributed by atoms with van der Waals surface area (Å²) in [6.07, 6.45) is 0. The molecule has 0 aliphatic rings. The summed E-state index contributed by atoms with van der Waals surface area (Å²) in [6, 6.07) is 5.91. The van der Waals surface area contributed by atoms with Crippen LogP contribution in [0.2, 0.25) is 0 Å². The smallest absolute Gasteiger partial charge is 0.306 e. The molecule has 1 aromatic carbocycles. The zero-order valence-corrected chi connectivity index (χ0v) is 10.3. The van der Waals surface area contributed by atoms with E-state index in [4.69, 9.17) is 0 Å². The zero-order valence-electron chi connectivity index (χ0n) is 10.3. The Labute approximate surface area is 107 Å². The fourth-order valence-electron chi connectivity index (χ4n) is 1.94. The lowest BCUT2D eigenvalue weighted by Gasteiger charge is -2.12. The Morgan fingerprint density at radius 2 is 2.16 bits per heavy atom. The van der Waals surface area contributed by atoms with Crippen LogP contribution < -0.4 is 11.0 Å². The van der Waals surface area contributed by atoms with Gasteiger partial charge in [-0.15, -0.1) is 10.2 Å². The molecule has 0 aliphatic heterocycles. The van der Waals surface area contributed by atoms with Crippen LogP contribution >= 0.6 is 0 Å². The van der Waals surface area contributed by atoms with Crippen molar-refractivity contribution in [2.75, 3.05) is 0 Å². The lowest BCUT2D eigenvalue weighted by molar-refractivity contribution is 0.560. The first kappa shape index (κ1) is 11.6. The van der Waals surface area contributed by atoms with Gasteiger partial charge in [0.25, 0.3) is 0 Å². The average Bonchev–Trinajstić information content (AvgIpc) is 3.02. The van der Waals surface area contributed by atoms with Crippen LogP contribution in [0.25, 0.3) is 11.0 Å². The molecule has 98 valence electrons. The summed E-state index contributed by atoms with van der Waals surface area (Å²) in [5.41, 5.74) is 2.49. The number of benzene rings is 1. The van der Waals surface area contributed by atoms with Crippen LogP contribution in [-0.2, 0) is 6.54 Å². The van der Waals surface area contributed by atoms with Gasteiger partial charge in [0.2, 0.25) is 0 Å². The molecule has 0 bridgehead atoms. The molecule has 1 unspecified atom stereocenters. The number of nitrogens with zero attached hydrogens (tertiary/aromatic N) is 3. The third-order valence-corrected chi connectivity index (χ3v) is 3.00. The maximum absolute atomic E-state index is 11.2. The van der Waals surface area contributed by atoms with Gasteiger partial charge in [0.1, 0.15) is 0 Å². The monoisotopic (exact) mass is 259 g/mol. The van der Waals surface area contributed by atoms with Crippen LogP contribution in [-0.4, -0.2) is 30.6 Å². The average molecular weight is 259 g/mol. The van der Waals surface area contributed by atoms with Gasteiger partial charge >= 0.3 is 5.69 Å². The molecule has 3 aromatic rings. The Morgan fingerprint density at radius 3 is 2.95 bits per heavy atom. The number of H-pyrrole nitrogens is 3. The molecule has 3 rings (SSSR count). The second-order valence-corrected chi connectivity index (χ2v) is 4.31. The minimum atomic E-state index is -0.195. The molecule has 0 saturated carbocycles. The maximum atomic E-state index is 11.2. The van der Waals surface area contributed by atoms with Crippen molar-refractivity contribution in [3.8, 4) is 0 Å². The topological polar surface area (TPSA) is 115 Å². The van der Waals surface area contributed by atoms with Gasteiger partial charge in [-0.2, -0.15) is 5.21 Å². The van der Waals surface area contributed by atoms with Crippen molar-refractivity contribution in [2.24, 2.45) is 0 Å². The number of aromatic nitrogens is 6. The van der Waals surface area contributed by atoms with Gasteiger partial charge in [-0.25, -0.2) is 4.79 Å². The third-order valence-electron chi connectivity index (χ3n) is 3.00. The third kappa shape index (κ3) is 2.38. The highest BCUT2D eigenvalue weighted by Gasteiger charge is 2.08. The molecule has 4 N–H and O–H groups in total. The van der Waals surface area contributed by atoms with Crippen LogP contribution in [0.4, 0.5) is 0 Å². The molecule has 0 radical (unpaired) electrons. The fraction of sp³-hybridized carbons (Fsp3) is 0.273. The summed E-state index contributed by atoms with van der Waals surface area (Å²) in [4.78, 5) is 16.7. The molecule has 0 spiro atoms. The first-order chi connectivity index (χ1) is 9.22. The number of tetrazole rings is 1. The quantitative estimate of drug-likeness (QED) is 0.535. The number of hydrogen-bond donors (Lipinski definition) is 4. The molecular formula is C11H13N7O. The van der Waals surface area contributed by atoms with Gasteiger partial charge in [0.05, 0.1) is 17.6 Å². The molecule has 1 atom stereocenters. The Hall–Kier alpha value is -2.48. The SMILES string of the molecule is CC(NCc1nn[nH]n1)c1ccc2[nH]c(=O)[nH]c2c1. The van der Waals surface area contributed by atoms with Crippen molar-refractivity contribution in [3.05, 3.63) is 40.1 Å². The predicted octanol–water partition coefficient (Wildman–Crippen LogP) is 0.220. The maximum Gasteiger partial charge on any atom is 0.323 e. The van der Waals surface area contributed by atoms with E-state index in [0.29, 0.717) is 12.4 Å². The second kappa shape index (κ2) is 4.65. The lowest BCUT2D eigenvalue weighted by Crippen LogP contribution is -2.18. The molecule has 2 aromatic heterocycles. The number of imidazole rings is 1. The van der Waals surface area contributed by atoms with Crippen LogP contribution in [0.15, 0.2) is 23.0 Å². The van der Waals surface area contributed by atoms with Gasteiger partial charge in [0.15, 0.2) is 5.82 Å². The number of aromatic amines is 3. The molecule has 0 fully saturated rings. The minimum absolute atomic E-state index is 0.112. The predicted molar refractivity (Wildman–Crippen MR) is 68.4 cm³/mol. The van der Waals surface area contributed by atoms with Crippen LogP contribution in [0.1, 0.15) is 24.4 Å². The molecule has 0 aliphatic carbocycles. The minimum Gasteiger partial charge on any atom is -0.306 e. The zero-order chi connectivity index (χ0) is 13.2. The van der Waals surface area contributed by atoms with Crippen LogP contribution in [0, 0.1) is 0 Å². The van der Waals surface area contributed by atoms with Gasteiger partial charge in [-0.1, -0.05) is 11.3 Å². The molecule has 19 heavy (non-hydrogen) atoms.